The van der Waals surface area contributed by atoms with Crippen molar-refractivity contribution >= 4 is 29.9 Å². The zero-order valence-electron chi connectivity index (χ0n) is 14.3. The van der Waals surface area contributed by atoms with Gasteiger partial charge in [-0.05, 0) is 50.4 Å². The summed E-state index contributed by atoms with van der Waals surface area (Å²) < 4.78 is 0. The van der Waals surface area contributed by atoms with Crippen molar-refractivity contribution in [1.82, 2.24) is 10.6 Å². The lowest BCUT2D eigenvalue weighted by atomic mass is 10.1. The van der Waals surface area contributed by atoms with E-state index >= 15 is 0 Å². The number of carbonyl (C=O) groups is 2. The van der Waals surface area contributed by atoms with Gasteiger partial charge in [0, 0.05) is 31.2 Å². The Morgan fingerprint density at radius 3 is 2.88 bits per heavy atom. The maximum atomic E-state index is 12.4. The van der Waals surface area contributed by atoms with Crippen molar-refractivity contribution in [3.8, 4) is 0 Å². The number of hydrogen-bond donors (Lipinski definition) is 2. The first-order valence-electron chi connectivity index (χ1n) is 8.44. The van der Waals surface area contributed by atoms with Crippen molar-refractivity contribution < 1.29 is 9.59 Å². The maximum Gasteiger partial charge on any atom is 0.227 e. The Labute approximate surface area is 149 Å². The number of nitrogens with one attached hydrogen (secondary N) is 2. The molecule has 2 atom stereocenters. The predicted molar refractivity (Wildman–Crippen MR) is 97.7 cm³/mol. The Bertz CT molecular complexity index is 614. The normalized spacial score (nSPS) is 23.2. The molecule has 2 aliphatic heterocycles. The molecule has 0 saturated carbocycles. The number of amides is 2. The van der Waals surface area contributed by atoms with E-state index in [2.05, 4.69) is 10.6 Å². The number of benzene rings is 1. The molecule has 2 N–H and O–H groups in total. The van der Waals surface area contributed by atoms with Crippen LogP contribution < -0.4 is 15.5 Å². The van der Waals surface area contributed by atoms with E-state index in [4.69, 9.17) is 0 Å². The van der Waals surface area contributed by atoms with Crippen LogP contribution in [0.3, 0.4) is 0 Å². The number of halogens is 1. The second-order valence-corrected chi connectivity index (χ2v) is 6.66. The van der Waals surface area contributed by atoms with Crippen LogP contribution in [0.15, 0.2) is 18.2 Å². The van der Waals surface area contributed by atoms with Crippen LogP contribution in [0.1, 0.15) is 30.4 Å². The van der Waals surface area contributed by atoms with Crippen LogP contribution in [-0.2, 0) is 9.59 Å². The van der Waals surface area contributed by atoms with Crippen molar-refractivity contribution in [2.24, 2.45) is 5.92 Å². The van der Waals surface area contributed by atoms with Gasteiger partial charge in [0.05, 0.1) is 5.92 Å². The quantitative estimate of drug-likeness (QED) is 0.871. The van der Waals surface area contributed by atoms with Gasteiger partial charge in [0.2, 0.25) is 11.8 Å². The fourth-order valence-corrected chi connectivity index (χ4v) is 3.44. The number of carbonyl (C=O) groups excluding carboxylic acids is 2. The van der Waals surface area contributed by atoms with Gasteiger partial charge in [0.25, 0.3) is 0 Å². The van der Waals surface area contributed by atoms with E-state index < -0.39 is 0 Å². The molecule has 2 amide bonds. The molecule has 24 heavy (non-hydrogen) atoms. The van der Waals surface area contributed by atoms with Gasteiger partial charge in [-0.15, -0.1) is 12.4 Å². The highest BCUT2D eigenvalue weighted by Crippen LogP contribution is 2.29. The first-order valence-corrected chi connectivity index (χ1v) is 8.44. The van der Waals surface area contributed by atoms with Gasteiger partial charge in [-0.3, -0.25) is 9.59 Å². The molecule has 1 aromatic rings. The van der Waals surface area contributed by atoms with Crippen molar-refractivity contribution in [2.75, 3.05) is 24.5 Å². The fourth-order valence-electron chi connectivity index (χ4n) is 3.44. The number of hydrogen-bond acceptors (Lipinski definition) is 3. The predicted octanol–water partition coefficient (Wildman–Crippen LogP) is 1.95. The lowest BCUT2D eigenvalue weighted by Gasteiger charge is -2.20. The minimum absolute atomic E-state index is 0. The van der Waals surface area contributed by atoms with Crippen LogP contribution >= 0.6 is 12.4 Å². The van der Waals surface area contributed by atoms with Gasteiger partial charge in [0.15, 0.2) is 0 Å². The molecule has 2 unspecified atom stereocenters. The van der Waals surface area contributed by atoms with Gasteiger partial charge >= 0.3 is 0 Å². The lowest BCUT2D eigenvalue weighted by Crippen LogP contribution is -2.40. The van der Waals surface area contributed by atoms with E-state index in [1.165, 1.54) is 6.42 Å². The van der Waals surface area contributed by atoms with E-state index in [0.717, 1.165) is 29.8 Å². The Morgan fingerprint density at radius 1 is 1.38 bits per heavy atom. The number of aryl methyl sites for hydroxylation is 1. The molecule has 0 spiro atoms. The maximum absolute atomic E-state index is 12.4. The minimum atomic E-state index is -0.246. The topological polar surface area (TPSA) is 61.4 Å². The average Bonchev–Trinajstić information content (AvgIpc) is 3.17. The summed E-state index contributed by atoms with van der Waals surface area (Å²) in [7, 11) is 0. The first kappa shape index (κ1) is 18.7. The molecule has 3 rings (SSSR count). The van der Waals surface area contributed by atoms with Crippen LogP contribution in [0.5, 0.6) is 0 Å². The molecule has 2 aliphatic rings. The van der Waals surface area contributed by atoms with E-state index in [-0.39, 0.29) is 30.1 Å². The molecule has 0 bridgehead atoms. The summed E-state index contributed by atoms with van der Waals surface area (Å²) in [4.78, 5) is 26.5. The molecular formula is C18H26ClN3O2. The summed E-state index contributed by atoms with van der Waals surface area (Å²) in [5, 5.41) is 6.37. The summed E-state index contributed by atoms with van der Waals surface area (Å²) in [5.41, 5.74) is 3.20. The van der Waals surface area contributed by atoms with E-state index in [1.54, 1.807) is 4.90 Å². The van der Waals surface area contributed by atoms with Crippen LogP contribution in [-0.4, -0.2) is 37.5 Å². The van der Waals surface area contributed by atoms with Crippen molar-refractivity contribution in [3.63, 3.8) is 0 Å². The molecule has 5 nitrogen and oxygen atoms in total. The minimum Gasteiger partial charge on any atom is -0.354 e. The third-order valence-corrected chi connectivity index (χ3v) is 5.05. The summed E-state index contributed by atoms with van der Waals surface area (Å²) in [6.07, 6.45) is 2.58. The third kappa shape index (κ3) is 3.90. The van der Waals surface area contributed by atoms with Crippen LogP contribution in [0.2, 0.25) is 0 Å². The lowest BCUT2D eigenvalue weighted by molar-refractivity contribution is -0.126. The van der Waals surface area contributed by atoms with Crippen molar-refractivity contribution in [2.45, 2.75) is 39.2 Å². The Kier molecular flexibility index (Phi) is 6.24. The number of anilines is 1. The zero-order chi connectivity index (χ0) is 16.4. The molecule has 0 radical (unpaired) electrons. The molecule has 132 valence electrons. The van der Waals surface area contributed by atoms with E-state index in [0.29, 0.717) is 25.6 Å². The fraction of sp³-hybridized carbons (Fsp3) is 0.556. The van der Waals surface area contributed by atoms with E-state index in [1.807, 2.05) is 32.0 Å². The van der Waals surface area contributed by atoms with Crippen molar-refractivity contribution in [3.05, 3.63) is 29.3 Å². The van der Waals surface area contributed by atoms with Gasteiger partial charge in [0.1, 0.15) is 0 Å². The molecule has 1 aromatic carbocycles. The molecule has 6 heteroatoms. The number of nitrogens with zero attached hydrogens (tertiary/aromatic N) is 1. The Balaban J connectivity index is 0.00000208. The second kappa shape index (κ2) is 7.99. The molecule has 0 aliphatic carbocycles. The summed E-state index contributed by atoms with van der Waals surface area (Å²) in [5.74, 6) is -0.207. The zero-order valence-corrected chi connectivity index (χ0v) is 15.1. The highest BCUT2D eigenvalue weighted by atomic mass is 35.5. The SMILES string of the molecule is Cc1cccc(N2CC(C(=O)NCC3CCCN3)CC2=O)c1C.Cl. The van der Waals surface area contributed by atoms with Crippen LogP contribution in [0.4, 0.5) is 5.69 Å². The monoisotopic (exact) mass is 351 g/mol. The second-order valence-electron chi connectivity index (χ2n) is 6.66. The summed E-state index contributed by atoms with van der Waals surface area (Å²) in [6.45, 7) is 6.23. The average molecular weight is 352 g/mol. The van der Waals surface area contributed by atoms with Crippen LogP contribution in [0, 0.1) is 19.8 Å². The van der Waals surface area contributed by atoms with Crippen molar-refractivity contribution in [1.29, 1.82) is 0 Å². The van der Waals surface area contributed by atoms with Crippen LogP contribution in [0.25, 0.3) is 0 Å². The highest BCUT2D eigenvalue weighted by molar-refractivity contribution is 6.00. The highest BCUT2D eigenvalue weighted by Gasteiger charge is 2.35. The van der Waals surface area contributed by atoms with Gasteiger partial charge in [-0.2, -0.15) is 0 Å². The van der Waals surface area contributed by atoms with E-state index in [9.17, 15) is 9.59 Å². The molecule has 2 heterocycles. The first-order chi connectivity index (χ1) is 11.1. The largest absolute Gasteiger partial charge is 0.354 e. The summed E-state index contributed by atoms with van der Waals surface area (Å²) >= 11 is 0. The summed E-state index contributed by atoms with van der Waals surface area (Å²) in [6, 6.07) is 6.34. The van der Waals surface area contributed by atoms with Gasteiger partial charge < -0.3 is 15.5 Å². The molecule has 0 aromatic heterocycles. The Hall–Kier alpha value is -1.59. The standard InChI is InChI=1S/C18H25N3O2.ClH/c1-12-5-3-7-16(13(12)2)21-11-14(9-17(21)22)18(23)20-10-15-6-4-8-19-15;/h3,5,7,14-15,19H,4,6,8-11H2,1-2H3,(H,20,23);1H. The van der Waals surface area contributed by atoms with Gasteiger partial charge in [-0.25, -0.2) is 0 Å². The number of rotatable bonds is 4. The van der Waals surface area contributed by atoms with Gasteiger partial charge in [-0.1, -0.05) is 12.1 Å². The Morgan fingerprint density at radius 2 is 2.17 bits per heavy atom. The smallest absolute Gasteiger partial charge is 0.227 e. The third-order valence-electron chi connectivity index (χ3n) is 5.05. The molecule has 2 fully saturated rings. The molecule has 2 saturated heterocycles. The molecular weight excluding hydrogens is 326 g/mol.